The van der Waals surface area contributed by atoms with Crippen LogP contribution in [0.25, 0.3) is 10.9 Å². The minimum Gasteiger partial charge on any atom is -0.360 e. The molecule has 1 N–H and O–H groups in total. The molecule has 0 unspecified atom stereocenters. The number of rotatable bonds is 1. The molecule has 0 fully saturated rings. The summed E-state index contributed by atoms with van der Waals surface area (Å²) in [7, 11) is -4.75. The number of fused-ring (bicyclic) bond motifs is 1. The Morgan fingerprint density at radius 1 is 1.20 bits per heavy atom. The summed E-state index contributed by atoms with van der Waals surface area (Å²) < 4.78 is 34.3. The topological polar surface area (TPSA) is 49.9 Å². The van der Waals surface area contributed by atoms with Crippen LogP contribution in [0.5, 0.6) is 0 Å². The second-order valence-electron chi connectivity index (χ2n) is 2.90. The molecule has 2 rings (SSSR count). The van der Waals surface area contributed by atoms with E-state index < -0.39 is 15.1 Å². The van der Waals surface area contributed by atoms with Crippen molar-refractivity contribution in [2.75, 3.05) is 0 Å². The van der Waals surface area contributed by atoms with Gasteiger partial charge in [0, 0.05) is 17.1 Å². The summed E-state index contributed by atoms with van der Waals surface area (Å²) in [4.78, 5) is 2.17. The van der Waals surface area contributed by atoms with Crippen LogP contribution < -0.4 is 0 Å². The molecule has 0 aliphatic rings. The van der Waals surface area contributed by atoms with Crippen LogP contribution in [0.1, 0.15) is 0 Å². The van der Waals surface area contributed by atoms with Crippen molar-refractivity contribution in [1.82, 2.24) is 4.98 Å². The van der Waals surface area contributed by atoms with E-state index in [-0.39, 0.29) is 15.4 Å². The average Bonchev–Trinajstić information content (AvgIpc) is 2.47. The van der Waals surface area contributed by atoms with Crippen molar-refractivity contribution in [3.63, 3.8) is 0 Å². The van der Waals surface area contributed by atoms with Crippen LogP contribution >= 0.6 is 23.2 Å². The van der Waals surface area contributed by atoms with Crippen molar-refractivity contribution in [2.24, 2.45) is 0 Å². The summed E-state index contributed by atoms with van der Waals surface area (Å²) in [6.07, 6.45) is 1.06. The molecule has 0 aliphatic heterocycles. The van der Waals surface area contributed by atoms with Crippen LogP contribution in [0.15, 0.2) is 23.2 Å². The number of halogens is 3. The van der Waals surface area contributed by atoms with Crippen LogP contribution in [0.3, 0.4) is 0 Å². The van der Waals surface area contributed by atoms with Crippen molar-refractivity contribution in [3.8, 4) is 0 Å². The number of nitrogens with one attached hydrogen (secondary N) is 1. The Balaban J connectivity index is 2.87. The zero-order valence-electron chi connectivity index (χ0n) is 7.09. The number of aromatic amines is 1. The Kier molecular flexibility index (Phi) is 2.41. The van der Waals surface area contributed by atoms with E-state index in [0.717, 1.165) is 6.20 Å². The van der Waals surface area contributed by atoms with Gasteiger partial charge in [-0.25, -0.2) is 0 Å². The molecule has 2 aromatic rings. The second-order valence-corrected chi connectivity index (χ2v) is 5.03. The lowest BCUT2D eigenvalue weighted by Crippen LogP contribution is -1.89. The maximum absolute atomic E-state index is 12.8. The van der Waals surface area contributed by atoms with E-state index in [0.29, 0.717) is 5.52 Å². The van der Waals surface area contributed by atoms with Crippen LogP contribution in [-0.2, 0) is 10.2 Å². The Labute approximate surface area is 95.0 Å². The lowest BCUT2D eigenvalue weighted by molar-refractivity contribution is 0.553. The van der Waals surface area contributed by atoms with Gasteiger partial charge >= 0.3 is 10.2 Å². The zero-order chi connectivity index (χ0) is 11.2. The fraction of sp³-hybridized carbons (Fsp3) is 0. The highest BCUT2D eigenvalue weighted by Crippen LogP contribution is 2.31. The minimum atomic E-state index is -4.75. The van der Waals surface area contributed by atoms with Crippen molar-refractivity contribution >= 4 is 44.3 Å². The molecule has 0 spiro atoms. The molecule has 1 aromatic carbocycles. The number of aromatic nitrogens is 1. The van der Waals surface area contributed by atoms with Crippen LogP contribution in [0.4, 0.5) is 3.89 Å². The third-order valence-corrected chi connectivity index (χ3v) is 3.53. The molecule has 7 heteroatoms. The quantitative estimate of drug-likeness (QED) is 0.808. The van der Waals surface area contributed by atoms with E-state index >= 15 is 0 Å². The number of benzene rings is 1. The Bertz CT molecular complexity index is 635. The van der Waals surface area contributed by atoms with Crippen LogP contribution in [-0.4, -0.2) is 13.4 Å². The van der Waals surface area contributed by atoms with E-state index in [2.05, 4.69) is 4.98 Å². The highest BCUT2D eigenvalue weighted by Gasteiger charge is 2.18. The molecule has 15 heavy (non-hydrogen) atoms. The monoisotopic (exact) mass is 267 g/mol. The van der Waals surface area contributed by atoms with Crippen LogP contribution in [0.2, 0.25) is 10.0 Å². The first-order valence-electron chi connectivity index (χ1n) is 3.80. The van der Waals surface area contributed by atoms with E-state index in [1.165, 1.54) is 12.1 Å². The summed E-state index contributed by atoms with van der Waals surface area (Å²) in [6.45, 7) is 0. The van der Waals surface area contributed by atoms with Crippen molar-refractivity contribution in [1.29, 1.82) is 0 Å². The summed E-state index contributed by atoms with van der Waals surface area (Å²) in [5.74, 6) is 0. The Morgan fingerprint density at radius 2 is 1.80 bits per heavy atom. The molecule has 1 heterocycles. The Morgan fingerprint density at radius 3 is 2.40 bits per heavy atom. The average molecular weight is 268 g/mol. The molecule has 0 aliphatic carbocycles. The molecule has 0 amide bonds. The fourth-order valence-electron chi connectivity index (χ4n) is 1.29. The lowest BCUT2D eigenvalue weighted by atomic mass is 10.2. The molecular weight excluding hydrogens is 264 g/mol. The molecule has 0 saturated carbocycles. The molecule has 0 saturated heterocycles. The van der Waals surface area contributed by atoms with Gasteiger partial charge < -0.3 is 4.98 Å². The van der Waals surface area contributed by atoms with Gasteiger partial charge in [-0.15, -0.1) is 3.89 Å². The van der Waals surface area contributed by atoms with Crippen molar-refractivity contribution in [2.45, 2.75) is 4.90 Å². The highest BCUT2D eigenvalue weighted by molar-refractivity contribution is 7.86. The molecule has 1 aromatic heterocycles. The third kappa shape index (κ3) is 1.82. The van der Waals surface area contributed by atoms with E-state index in [4.69, 9.17) is 23.2 Å². The van der Waals surface area contributed by atoms with Gasteiger partial charge in [0.05, 0.1) is 10.0 Å². The molecule has 0 atom stereocenters. The predicted octanol–water partition coefficient (Wildman–Crippen LogP) is 3.13. The summed E-state index contributed by atoms with van der Waals surface area (Å²) >= 11 is 11.4. The normalized spacial score (nSPS) is 12.2. The van der Waals surface area contributed by atoms with E-state index in [9.17, 15) is 12.3 Å². The van der Waals surface area contributed by atoms with Gasteiger partial charge in [0.25, 0.3) is 0 Å². The molecule has 0 bridgehead atoms. The summed E-state index contributed by atoms with van der Waals surface area (Å²) in [5, 5.41) is 0.634. The van der Waals surface area contributed by atoms with Crippen LogP contribution in [0, 0.1) is 0 Å². The standard InChI is InChI=1S/C8H4Cl2FNO2S/c9-5-1-4-7(2-6(5)10)12-3-8(4)15(11,13)14/h1-3,12H. The van der Waals surface area contributed by atoms with Gasteiger partial charge in [-0.1, -0.05) is 23.2 Å². The lowest BCUT2D eigenvalue weighted by Gasteiger charge is -1.96. The van der Waals surface area contributed by atoms with Gasteiger partial charge in [0.2, 0.25) is 0 Å². The van der Waals surface area contributed by atoms with E-state index in [1.807, 2.05) is 0 Å². The molecule has 80 valence electrons. The van der Waals surface area contributed by atoms with Gasteiger partial charge in [-0.05, 0) is 12.1 Å². The largest absolute Gasteiger partial charge is 0.360 e. The first-order chi connectivity index (χ1) is 6.89. The smallest absolute Gasteiger partial charge is 0.334 e. The van der Waals surface area contributed by atoms with Crippen molar-refractivity contribution < 1.29 is 12.3 Å². The number of hydrogen-bond donors (Lipinski definition) is 1. The maximum Gasteiger partial charge on any atom is 0.334 e. The Hall–Kier alpha value is -0.780. The fourth-order valence-corrected chi connectivity index (χ4v) is 2.25. The molecule has 3 nitrogen and oxygen atoms in total. The molecule has 0 radical (unpaired) electrons. The summed E-state index contributed by atoms with van der Waals surface area (Å²) in [5.41, 5.74) is 0.417. The highest BCUT2D eigenvalue weighted by atomic mass is 35.5. The van der Waals surface area contributed by atoms with Gasteiger partial charge in [-0.3, -0.25) is 0 Å². The molecular formula is C8H4Cl2FNO2S. The number of H-pyrrole nitrogens is 1. The van der Waals surface area contributed by atoms with Gasteiger partial charge in [0.1, 0.15) is 4.90 Å². The minimum absolute atomic E-state index is 0.175. The maximum atomic E-state index is 12.8. The van der Waals surface area contributed by atoms with E-state index in [1.54, 1.807) is 0 Å². The predicted molar refractivity (Wildman–Crippen MR) is 56.6 cm³/mol. The van der Waals surface area contributed by atoms with Gasteiger partial charge in [0.15, 0.2) is 0 Å². The zero-order valence-corrected chi connectivity index (χ0v) is 9.42. The first kappa shape index (κ1) is 10.7. The van der Waals surface area contributed by atoms with Crippen molar-refractivity contribution in [3.05, 3.63) is 28.4 Å². The third-order valence-electron chi connectivity index (χ3n) is 1.95. The SMILES string of the molecule is O=S(=O)(F)c1c[nH]c2cc(Cl)c(Cl)cc12. The van der Waals surface area contributed by atoms with Gasteiger partial charge in [-0.2, -0.15) is 8.42 Å². The first-order valence-corrected chi connectivity index (χ1v) is 5.94. The second kappa shape index (κ2) is 3.37. The number of hydrogen-bond acceptors (Lipinski definition) is 2. The summed E-state index contributed by atoms with van der Waals surface area (Å²) in [6, 6.07) is 2.75.